The quantitative estimate of drug-likeness (QED) is 0.592. The molecule has 0 aliphatic rings. The van der Waals surface area contributed by atoms with Crippen LogP contribution < -0.4 is 5.32 Å². The topological polar surface area (TPSA) is 64.7 Å². The van der Waals surface area contributed by atoms with Crippen LogP contribution in [-0.2, 0) is 6.54 Å². The van der Waals surface area contributed by atoms with Gasteiger partial charge in [0.1, 0.15) is 5.82 Å². The van der Waals surface area contributed by atoms with Crippen molar-refractivity contribution in [2.45, 2.75) is 6.54 Å². The minimum absolute atomic E-state index is 0.277. The number of nitrogens with zero attached hydrogens (tertiary/aromatic N) is 4. The first-order valence-corrected chi connectivity index (χ1v) is 8.35. The maximum absolute atomic E-state index is 13.0. The average Bonchev–Trinajstić information content (AvgIpc) is 3.35. The fraction of sp³-hybridized carbons (Fsp3) is 0.0500. The zero-order valence-corrected chi connectivity index (χ0v) is 14.3. The van der Waals surface area contributed by atoms with Crippen molar-refractivity contribution in [3.63, 3.8) is 0 Å². The molecule has 1 N–H and O–H groups in total. The van der Waals surface area contributed by atoms with Crippen molar-refractivity contribution in [3.05, 3.63) is 96.6 Å². The minimum atomic E-state index is -0.320. The van der Waals surface area contributed by atoms with Crippen molar-refractivity contribution >= 4 is 11.6 Å². The average molecular weight is 361 g/mol. The highest BCUT2D eigenvalue weighted by Crippen LogP contribution is 2.14. The standard InChI is InChI=1S/C20H16FN5O/c21-16-4-6-18(7-5-16)26-10-8-19(24-26)20(27)23-17-3-1-2-15(12-17)13-25-11-9-22-14-25/h1-12,14H,13H2,(H,23,27). The summed E-state index contributed by atoms with van der Waals surface area (Å²) in [7, 11) is 0. The van der Waals surface area contributed by atoms with E-state index in [-0.39, 0.29) is 17.4 Å². The molecule has 2 aromatic heterocycles. The zero-order chi connectivity index (χ0) is 18.6. The van der Waals surface area contributed by atoms with Gasteiger partial charge < -0.3 is 9.88 Å². The second-order valence-electron chi connectivity index (χ2n) is 6.01. The lowest BCUT2D eigenvalue weighted by Crippen LogP contribution is -2.13. The summed E-state index contributed by atoms with van der Waals surface area (Å²) in [6.07, 6.45) is 7.02. The number of hydrogen-bond acceptors (Lipinski definition) is 3. The van der Waals surface area contributed by atoms with Gasteiger partial charge in [-0.25, -0.2) is 14.1 Å². The van der Waals surface area contributed by atoms with E-state index < -0.39 is 0 Å². The van der Waals surface area contributed by atoms with Gasteiger partial charge in [0.2, 0.25) is 0 Å². The first-order chi connectivity index (χ1) is 13.2. The second-order valence-corrected chi connectivity index (χ2v) is 6.01. The fourth-order valence-corrected chi connectivity index (χ4v) is 2.72. The molecule has 2 aromatic carbocycles. The Morgan fingerprint density at radius 3 is 2.70 bits per heavy atom. The molecule has 0 spiro atoms. The summed E-state index contributed by atoms with van der Waals surface area (Å²) in [6.45, 7) is 0.670. The lowest BCUT2D eigenvalue weighted by atomic mass is 10.2. The van der Waals surface area contributed by atoms with E-state index in [1.54, 1.807) is 36.9 Å². The van der Waals surface area contributed by atoms with Crippen LogP contribution in [0, 0.1) is 5.82 Å². The Morgan fingerprint density at radius 1 is 1.07 bits per heavy atom. The lowest BCUT2D eigenvalue weighted by Gasteiger charge is -2.07. The molecule has 134 valence electrons. The molecule has 7 heteroatoms. The van der Waals surface area contributed by atoms with Crippen molar-refractivity contribution in [2.75, 3.05) is 5.32 Å². The third-order valence-electron chi connectivity index (χ3n) is 4.02. The van der Waals surface area contributed by atoms with E-state index in [9.17, 15) is 9.18 Å². The summed E-state index contributed by atoms with van der Waals surface area (Å²) in [5.74, 6) is -0.630. The molecular formula is C20H16FN5O. The van der Waals surface area contributed by atoms with Gasteiger partial charge in [-0.15, -0.1) is 0 Å². The summed E-state index contributed by atoms with van der Waals surface area (Å²) < 4.78 is 16.5. The molecule has 0 atom stereocenters. The minimum Gasteiger partial charge on any atom is -0.333 e. The highest BCUT2D eigenvalue weighted by Gasteiger charge is 2.11. The summed E-state index contributed by atoms with van der Waals surface area (Å²) in [6, 6.07) is 15.1. The van der Waals surface area contributed by atoms with Crippen LogP contribution in [0.5, 0.6) is 0 Å². The molecule has 2 heterocycles. The van der Waals surface area contributed by atoms with Gasteiger partial charge in [0.05, 0.1) is 12.0 Å². The van der Waals surface area contributed by atoms with E-state index in [2.05, 4.69) is 15.4 Å². The molecule has 0 saturated heterocycles. The number of benzene rings is 2. The van der Waals surface area contributed by atoms with Crippen LogP contribution >= 0.6 is 0 Å². The summed E-state index contributed by atoms with van der Waals surface area (Å²) in [4.78, 5) is 16.5. The third kappa shape index (κ3) is 3.92. The third-order valence-corrected chi connectivity index (χ3v) is 4.02. The molecule has 4 aromatic rings. The monoisotopic (exact) mass is 361 g/mol. The SMILES string of the molecule is O=C(Nc1cccc(Cn2ccnc2)c1)c1ccn(-c2ccc(F)cc2)n1. The largest absolute Gasteiger partial charge is 0.333 e. The predicted molar refractivity (Wildman–Crippen MR) is 99.2 cm³/mol. The number of imidazole rings is 1. The van der Waals surface area contributed by atoms with E-state index in [0.29, 0.717) is 17.9 Å². The highest BCUT2D eigenvalue weighted by molar-refractivity contribution is 6.02. The van der Waals surface area contributed by atoms with Gasteiger partial charge in [-0.3, -0.25) is 4.79 Å². The number of aromatic nitrogens is 4. The van der Waals surface area contributed by atoms with Crippen LogP contribution in [0.15, 0.2) is 79.5 Å². The molecule has 0 saturated carbocycles. The van der Waals surface area contributed by atoms with E-state index in [1.807, 2.05) is 35.0 Å². The van der Waals surface area contributed by atoms with Crippen molar-refractivity contribution in [3.8, 4) is 5.69 Å². The molecule has 0 fully saturated rings. The van der Waals surface area contributed by atoms with Crippen molar-refractivity contribution < 1.29 is 9.18 Å². The maximum Gasteiger partial charge on any atom is 0.276 e. The number of anilines is 1. The van der Waals surface area contributed by atoms with E-state index in [4.69, 9.17) is 0 Å². The molecule has 1 amide bonds. The summed E-state index contributed by atoms with van der Waals surface area (Å²) in [5.41, 5.74) is 2.69. The first kappa shape index (κ1) is 16.7. The molecule has 0 aliphatic heterocycles. The molecule has 0 radical (unpaired) electrons. The number of carbonyl (C=O) groups excluding carboxylic acids is 1. The van der Waals surface area contributed by atoms with Gasteiger partial charge in [-0.1, -0.05) is 12.1 Å². The highest BCUT2D eigenvalue weighted by atomic mass is 19.1. The number of halogens is 1. The summed E-state index contributed by atoms with van der Waals surface area (Å²) >= 11 is 0. The van der Waals surface area contributed by atoms with E-state index in [0.717, 1.165) is 5.56 Å². The first-order valence-electron chi connectivity index (χ1n) is 8.35. The van der Waals surface area contributed by atoms with Gasteiger partial charge in [-0.2, -0.15) is 5.10 Å². The zero-order valence-electron chi connectivity index (χ0n) is 14.3. The lowest BCUT2D eigenvalue weighted by molar-refractivity contribution is 0.102. The number of nitrogens with one attached hydrogen (secondary N) is 1. The van der Waals surface area contributed by atoms with Crippen molar-refractivity contribution in [1.82, 2.24) is 19.3 Å². The number of rotatable bonds is 5. The molecule has 0 aliphatic carbocycles. The Hall–Kier alpha value is -3.74. The van der Waals surface area contributed by atoms with E-state index >= 15 is 0 Å². The van der Waals surface area contributed by atoms with Crippen molar-refractivity contribution in [2.24, 2.45) is 0 Å². The van der Waals surface area contributed by atoms with Gasteiger partial charge in [0, 0.05) is 30.8 Å². The normalized spacial score (nSPS) is 10.7. The smallest absolute Gasteiger partial charge is 0.276 e. The Morgan fingerprint density at radius 2 is 1.93 bits per heavy atom. The van der Waals surface area contributed by atoms with Crippen LogP contribution in [0.25, 0.3) is 5.69 Å². The second kappa shape index (κ2) is 7.25. The van der Waals surface area contributed by atoms with Crippen molar-refractivity contribution in [1.29, 1.82) is 0 Å². The molecular weight excluding hydrogens is 345 g/mol. The number of amides is 1. The maximum atomic E-state index is 13.0. The van der Waals surface area contributed by atoms with Crippen LogP contribution in [0.1, 0.15) is 16.1 Å². The fourth-order valence-electron chi connectivity index (χ4n) is 2.72. The Kier molecular flexibility index (Phi) is 4.49. The summed E-state index contributed by atoms with van der Waals surface area (Å²) in [5, 5.41) is 7.11. The Balaban J connectivity index is 1.47. The van der Waals surface area contributed by atoms with Gasteiger partial charge in [0.25, 0.3) is 5.91 Å². The molecule has 27 heavy (non-hydrogen) atoms. The molecule has 0 unspecified atom stereocenters. The number of carbonyl (C=O) groups is 1. The molecule has 4 rings (SSSR count). The van der Waals surface area contributed by atoms with Gasteiger partial charge in [-0.05, 0) is 48.0 Å². The number of hydrogen-bond donors (Lipinski definition) is 1. The predicted octanol–water partition coefficient (Wildman–Crippen LogP) is 3.51. The van der Waals surface area contributed by atoms with Crippen LogP contribution in [0.4, 0.5) is 10.1 Å². The van der Waals surface area contributed by atoms with Crippen LogP contribution in [-0.4, -0.2) is 25.2 Å². The Labute approximate surface area is 154 Å². The van der Waals surface area contributed by atoms with E-state index in [1.165, 1.54) is 16.8 Å². The Bertz CT molecular complexity index is 1050. The van der Waals surface area contributed by atoms with Crippen LogP contribution in [0.2, 0.25) is 0 Å². The van der Waals surface area contributed by atoms with Gasteiger partial charge in [0.15, 0.2) is 5.69 Å². The molecule has 0 bridgehead atoms. The van der Waals surface area contributed by atoms with Crippen LogP contribution in [0.3, 0.4) is 0 Å². The molecule has 6 nitrogen and oxygen atoms in total. The van der Waals surface area contributed by atoms with Gasteiger partial charge >= 0.3 is 0 Å².